The molecule has 2 rings (SSSR count). The molecular formula is C10H14N4S. The van der Waals surface area contributed by atoms with Crippen LogP contribution < -0.4 is 5.32 Å². The summed E-state index contributed by atoms with van der Waals surface area (Å²) in [5.74, 6) is 0. The number of hydrogen-bond donors (Lipinski definition) is 1. The highest BCUT2D eigenvalue weighted by Gasteiger charge is 2.04. The highest BCUT2D eigenvalue weighted by Crippen LogP contribution is 2.16. The summed E-state index contributed by atoms with van der Waals surface area (Å²) in [6.45, 7) is 4.85. The molecule has 1 N–H and O–H groups in total. The molecule has 2 heterocycles. The maximum atomic E-state index is 4.34. The second-order valence-corrected chi connectivity index (χ2v) is 4.38. The Balaban J connectivity index is 2.02. The van der Waals surface area contributed by atoms with Crippen LogP contribution in [0.2, 0.25) is 0 Å². The van der Waals surface area contributed by atoms with Gasteiger partial charge in [0.05, 0.1) is 11.9 Å². The number of aromatic nitrogens is 3. The average molecular weight is 222 g/mol. The van der Waals surface area contributed by atoms with Crippen molar-refractivity contribution in [1.29, 1.82) is 0 Å². The minimum atomic E-state index is 0.784. The highest BCUT2D eigenvalue weighted by atomic mass is 32.1. The smallest absolute Gasteiger partial charge is 0.183 e. The predicted molar refractivity (Wildman–Crippen MR) is 62.1 cm³/mol. The van der Waals surface area contributed by atoms with Crippen LogP contribution in [0.3, 0.4) is 0 Å². The van der Waals surface area contributed by atoms with E-state index in [0.717, 1.165) is 17.4 Å². The minimum Gasteiger partial charge on any atom is -0.357 e. The van der Waals surface area contributed by atoms with Crippen molar-refractivity contribution in [1.82, 2.24) is 14.8 Å². The largest absolute Gasteiger partial charge is 0.357 e. The van der Waals surface area contributed by atoms with Gasteiger partial charge in [0.25, 0.3) is 0 Å². The van der Waals surface area contributed by atoms with Crippen LogP contribution in [0.5, 0.6) is 0 Å². The Morgan fingerprint density at radius 3 is 2.80 bits per heavy atom. The molecule has 2 aromatic heterocycles. The monoisotopic (exact) mass is 222 g/mol. The molecule has 0 spiro atoms. The zero-order chi connectivity index (χ0) is 10.8. The maximum absolute atomic E-state index is 4.34. The maximum Gasteiger partial charge on any atom is 0.183 e. The summed E-state index contributed by atoms with van der Waals surface area (Å²) in [4.78, 5) is 4.34. The molecule has 0 aliphatic heterocycles. The lowest BCUT2D eigenvalue weighted by atomic mass is 10.2. The van der Waals surface area contributed by atoms with E-state index in [4.69, 9.17) is 0 Å². The van der Waals surface area contributed by atoms with Gasteiger partial charge >= 0.3 is 0 Å². The van der Waals surface area contributed by atoms with Gasteiger partial charge in [0.15, 0.2) is 5.13 Å². The third-order valence-corrected chi connectivity index (χ3v) is 3.30. The zero-order valence-corrected chi connectivity index (χ0v) is 9.93. The van der Waals surface area contributed by atoms with E-state index in [1.54, 1.807) is 11.3 Å². The van der Waals surface area contributed by atoms with Crippen LogP contribution in [-0.2, 0) is 13.6 Å². The van der Waals surface area contributed by atoms with E-state index in [9.17, 15) is 0 Å². The van der Waals surface area contributed by atoms with Gasteiger partial charge in [-0.05, 0) is 13.8 Å². The van der Waals surface area contributed by atoms with Crippen molar-refractivity contribution in [2.24, 2.45) is 7.05 Å². The number of nitrogens with zero attached hydrogens (tertiary/aromatic N) is 3. The molecule has 15 heavy (non-hydrogen) atoms. The Morgan fingerprint density at radius 1 is 1.47 bits per heavy atom. The molecule has 0 aliphatic rings. The molecule has 0 aromatic carbocycles. The second-order valence-electron chi connectivity index (χ2n) is 3.53. The molecule has 0 bridgehead atoms. The summed E-state index contributed by atoms with van der Waals surface area (Å²) in [6.07, 6.45) is 1.89. The number of hydrogen-bond acceptors (Lipinski definition) is 4. The first-order valence-electron chi connectivity index (χ1n) is 4.80. The van der Waals surface area contributed by atoms with E-state index in [2.05, 4.69) is 22.3 Å². The Bertz CT molecular complexity index is 458. The van der Waals surface area contributed by atoms with E-state index < -0.39 is 0 Å². The number of rotatable bonds is 3. The summed E-state index contributed by atoms with van der Waals surface area (Å²) in [5.41, 5.74) is 3.46. The molecule has 2 aromatic rings. The van der Waals surface area contributed by atoms with Crippen molar-refractivity contribution in [3.63, 3.8) is 0 Å². The van der Waals surface area contributed by atoms with E-state index in [1.807, 2.05) is 30.2 Å². The molecule has 0 aliphatic carbocycles. The van der Waals surface area contributed by atoms with Crippen LogP contribution >= 0.6 is 11.3 Å². The van der Waals surface area contributed by atoms with Crippen molar-refractivity contribution in [3.05, 3.63) is 28.5 Å². The average Bonchev–Trinajstić information content (AvgIpc) is 2.74. The van der Waals surface area contributed by atoms with Crippen LogP contribution in [0.4, 0.5) is 5.13 Å². The first kappa shape index (κ1) is 10.2. The molecular weight excluding hydrogens is 208 g/mol. The van der Waals surface area contributed by atoms with E-state index in [1.165, 1.54) is 11.3 Å². The van der Waals surface area contributed by atoms with Crippen LogP contribution in [0.1, 0.15) is 17.0 Å². The molecule has 0 saturated carbocycles. The van der Waals surface area contributed by atoms with Gasteiger partial charge in [-0.2, -0.15) is 5.10 Å². The fraction of sp³-hybridized carbons (Fsp3) is 0.400. The molecule has 0 atom stereocenters. The molecule has 0 amide bonds. The minimum absolute atomic E-state index is 0.784. The van der Waals surface area contributed by atoms with Gasteiger partial charge in [0, 0.05) is 30.2 Å². The van der Waals surface area contributed by atoms with Crippen molar-refractivity contribution in [2.45, 2.75) is 20.4 Å². The fourth-order valence-corrected chi connectivity index (χ4v) is 2.01. The number of nitrogens with one attached hydrogen (secondary N) is 1. The number of thiazole rings is 1. The van der Waals surface area contributed by atoms with Gasteiger partial charge in [-0.3, -0.25) is 4.68 Å². The highest BCUT2D eigenvalue weighted by molar-refractivity contribution is 7.13. The Morgan fingerprint density at radius 2 is 2.27 bits per heavy atom. The van der Waals surface area contributed by atoms with E-state index in [-0.39, 0.29) is 0 Å². The molecule has 0 fully saturated rings. The van der Waals surface area contributed by atoms with Crippen LogP contribution in [-0.4, -0.2) is 14.8 Å². The normalized spacial score (nSPS) is 10.6. The van der Waals surface area contributed by atoms with Crippen molar-refractivity contribution >= 4 is 16.5 Å². The van der Waals surface area contributed by atoms with Crippen molar-refractivity contribution in [2.75, 3.05) is 5.32 Å². The molecule has 80 valence electrons. The fourth-order valence-electron chi connectivity index (χ4n) is 1.32. The lowest BCUT2D eigenvalue weighted by Gasteiger charge is -2.01. The van der Waals surface area contributed by atoms with Crippen molar-refractivity contribution < 1.29 is 0 Å². The molecule has 5 heteroatoms. The zero-order valence-electron chi connectivity index (χ0n) is 9.11. The Hall–Kier alpha value is -1.36. The van der Waals surface area contributed by atoms with E-state index >= 15 is 0 Å². The Kier molecular flexibility index (Phi) is 2.73. The van der Waals surface area contributed by atoms with Crippen molar-refractivity contribution in [3.8, 4) is 0 Å². The standard InChI is InChI=1S/C10H14N4S/c1-7-6-15-10(13-7)11-4-9-5-12-14(3)8(9)2/h5-6H,4H2,1-3H3,(H,11,13). The first-order chi connectivity index (χ1) is 7.16. The predicted octanol–water partition coefficient (Wildman–Crippen LogP) is 2.11. The van der Waals surface area contributed by atoms with Crippen LogP contribution in [0, 0.1) is 13.8 Å². The number of aryl methyl sites for hydroxylation is 2. The lowest BCUT2D eigenvalue weighted by Crippen LogP contribution is -2.01. The molecule has 4 nitrogen and oxygen atoms in total. The third-order valence-electron chi connectivity index (χ3n) is 2.39. The second kappa shape index (κ2) is 4.02. The van der Waals surface area contributed by atoms with Crippen LogP contribution in [0.25, 0.3) is 0 Å². The molecule has 0 unspecified atom stereocenters. The molecule has 0 radical (unpaired) electrons. The summed E-state index contributed by atoms with van der Waals surface area (Å²) < 4.78 is 1.88. The van der Waals surface area contributed by atoms with Gasteiger partial charge in [0.2, 0.25) is 0 Å². The molecule has 0 saturated heterocycles. The summed E-state index contributed by atoms with van der Waals surface area (Å²) in [7, 11) is 1.95. The summed E-state index contributed by atoms with van der Waals surface area (Å²) >= 11 is 1.63. The van der Waals surface area contributed by atoms with E-state index in [0.29, 0.717) is 0 Å². The number of anilines is 1. The van der Waals surface area contributed by atoms with Gasteiger partial charge in [-0.15, -0.1) is 11.3 Å². The Labute approximate surface area is 93.0 Å². The van der Waals surface area contributed by atoms with Gasteiger partial charge in [0.1, 0.15) is 0 Å². The third kappa shape index (κ3) is 2.18. The lowest BCUT2D eigenvalue weighted by molar-refractivity contribution is 0.738. The quantitative estimate of drug-likeness (QED) is 0.865. The first-order valence-corrected chi connectivity index (χ1v) is 5.68. The summed E-state index contributed by atoms with van der Waals surface area (Å²) in [6, 6.07) is 0. The van der Waals surface area contributed by atoms with Gasteiger partial charge < -0.3 is 5.32 Å². The van der Waals surface area contributed by atoms with Gasteiger partial charge in [-0.25, -0.2) is 4.98 Å². The van der Waals surface area contributed by atoms with Crippen LogP contribution in [0.15, 0.2) is 11.6 Å². The van der Waals surface area contributed by atoms with Gasteiger partial charge in [-0.1, -0.05) is 0 Å². The topological polar surface area (TPSA) is 42.7 Å². The summed E-state index contributed by atoms with van der Waals surface area (Å²) in [5, 5.41) is 10.5. The SMILES string of the molecule is Cc1csc(NCc2cnn(C)c2C)n1.